The van der Waals surface area contributed by atoms with Crippen LogP contribution in [0.1, 0.15) is 40.8 Å². The number of hydrogen-bond donors (Lipinski definition) is 0. The summed E-state index contributed by atoms with van der Waals surface area (Å²) < 4.78 is 6.84. The van der Waals surface area contributed by atoms with E-state index in [-0.39, 0.29) is 17.6 Å². The van der Waals surface area contributed by atoms with Gasteiger partial charge in [0, 0.05) is 25.9 Å². The van der Waals surface area contributed by atoms with Gasteiger partial charge in [0.25, 0.3) is 5.91 Å². The molecule has 0 aliphatic carbocycles. The average molecular weight is 295 g/mol. The van der Waals surface area contributed by atoms with Crippen molar-refractivity contribution in [3.63, 3.8) is 0 Å². The van der Waals surface area contributed by atoms with E-state index in [4.69, 9.17) is 16.1 Å². The molecule has 2 aromatic heterocycles. The van der Waals surface area contributed by atoms with Gasteiger partial charge < -0.3 is 9.42 Å². The Kier molecular flexibility index (Phi) is 3.25. The fourth-order valence-corrected chi connectivity index (χ4v) is 2.85. The van der Waals surface area contributed by atoms with Crippen LogP contribution >= 0.6 is 11.6 Å². The second kappa shape index (κ2) is 4.94. The van der Waals surface area contributed by atoms with Crippen molar-refractivity contribution in [3.8, 4) is 0 Å². The van der Waals surface area contributed by atoms with Crippen molar-refractivity contribution in [1.82, 2.24) is 19.8 Å². The van der Waals surface area contributed by atoms with Crippen molar-refractivity contribution in [2.24, 2.45) is 7.05 Å². The molecule has 1 saturated heterocycles. The monoisotopic (exact) mass is 294 g/mol. The standard InChI is InChI=1S/C13H15ClN4O2/c1-8-6-11(20-16-8)10-4-3-5-18(10)13(19)12-9(14)7-17(2)15-12/h6-7,10H,3-5H2,1-2H3/t10-/m1/s1. The summed E-state index contributed by atoms with van der Waals surface area (Å²) in [6, 6.07) is 1.79. The maximum atomic E-state index is 12.6. The quantitative estimate of drug-likeness (QED) is 0.853. The van der Waals surface area contributed by atoms with Crippen molar-refractivity contribution in [3.05, 3.63) is 34.4 Å². The minimum atomic E-state index is -0.160. The second-order valence-electron chi connectivity index (χ2n) is 5.03. The van der Waals surface area contributed by atoms with E-state index in [9.17, 15) is 4.79 Å². The van der Waals surface area contributed by atoms with Crippen LogP contribution in [-0.4, -0.2) is 32.3 Å². The first-order valence-corrected chi connectivity index (χ1v) is 6.87. The Morgan fingerprint density at radius 2 is 2.35 bits per heavy atom. The highest BCUT2D eigenvalue weighted by atomic mass is 35.5. The number of likely N-dealkylation sites (tertiary alicyclic amines) is 1. The predicted octanol–water partition coefficient (Wildman–Crippen LogP) is 2.35. The van der Waals surface area contributed by atoms with Crippen LogP contribution in [0, 0.1) is 6.92 Å². The topological polar surface area (TPSA) is 64.2 Å². The molecule has 0 radical (unpaired) electrons. The zero-order valence-corrected chi connectivity index (χ0v) is 12.1. The molecule has 106 valence electrons. The van der Waals surface area contributed by atoms with Crippen molar-refractivity contribution in [2.75, 3.05) is 6.54 Å². The Labute approximate surface area is 121 Å². The first-order chi connectivity index (χ1) is 9.56. The molecule has 2 aromatic rings. The summed E-state index contributed by atoms with van der Waals surface area (Å²) in [5.41, 5.74) is 1.10. The first-order valence-electron chi connectivity index (χ1n) is 6.49. The first kappa shape index (κ1) is 13.2. The lowest BCUT2D eigenvalue weighted by atomic mass is 10.1. The van der Waals surface area contributed by atoms with E-state index in [0.717, 1.165) is 24.3 Å². The Morgan fingerprint density at radius 3 is 2.95 bits per heavy atom. The van der Waals surface area contributed by atoms with Gasteiger partial charge in [0.15, 0.2) is 11.5 Å². The molecule has 20 heavy (non-hydrogen) atoms. The Hall–Kier alpha value is -1.82. The van der Waals surface area contributed by atoms with E-state index in [1.807, 2.05) is 13.0 Å². The van der Waals surface area contributed by atoms with Gasteiger partial charge in [0.2, 0.25) is 0 Å². The lowest BCUT2D eigenvalue weighted by molar-refractivity contribution is 0.0708. The van der Waals surface area contributed by atoms with E-state index < -0.39 is 0 Å². The fourth-order valence-electron chi connectivity index (χ4n) is 2.59. The fraction of sp³-hybridized carbons (Fsp3) is 0.462. The third-order valence-electron chi connectivity index (χ3n) is 3.47. The third-order valence-corrected chi connectivity index (χ3v) is 3.75. The van der Waals surface area contributed by atoms with E-state index >= 15 is 0 Å². The largest absolute Gasteiger partial charge is 0.359 e. The van der Waals surface area contributed by atoms with Crippen molar-refractivity contribution in [1.29, 1.82) is 0 Å². The number of nitrogens with zero attached hydrogens (tertiary/aromatic N) is 4. The molecule has 0 saturated carbocycles. The van der Waals surface area contributed by atoms with Crippen molar-refractivity contribution < 1.29 is 9.32 Å². The number of carbonyl (C=O) groups excluding carboxylic acids is 1. The summed E-state index contributed by atoms with van der Waals surface area (Å²) in [6.07, 6.45) is 3.42. The van der Waals surface area contributed by atoms with Gasteiger partial charge in [-0.05, 0) is 19.8 Å². The Bertz CT molecular complexity index is 649. The molecule has 0 bridgehead atoms. The number of hydrogen-bond acceptors (Lipinski definition) is 4. The van der Waals surface area contributed by atoms with Crippen molar-refractivity contribution in [2.45, 2.75) is 25.8 Å². The molecule has 3 rings (SSSR count). The summed E-state index contributed by atoms with van der Waals surface area (Å²) in [7, 11) is 1.74. The zero-order valence-electron chi connectivity index (χ0n) is 11.3. The molecule has 6 nitrogen and oxygen atoms in total. The summed E-state index contributed by atoms with van der Waals surface area (Å²) in [5.74, 6) is 0.563. The highest BCUT2D eigenvalue weighted by molar-refractivity contribution is 6.33. The molecule has 7 heteroatoms. The number of aromatic nitrogens is 3. The normalized spacial score (nSPS) is 18.8. The van der Waals surface area contributed by atoms with Gasteiger partial charge >= 0.3 is 0 Å². The Morgan fingerprint density at radius 1 is 1.55 bits per heavy atom. The predicted molar refractivity (Wildman–Crippen MR) is 72.5 cm³/mol. The van der Waals surface area contributed by atoms with Crippen LogP contribution in [-0.2, 0) is 7.05 Å². The average Bonchev–Trinajstić information content (AvgIpc) is 3.08. The van der Waals surface area contributed by atoms with Crippen LogP contribution in [0.2, 0.25) is 5.02 Å². The van der Waals surface area contributed by atoms with Crippen LogP contribution in [0.5, 0.6) is 0 Å². The maximum absolute atomic E-state index is 12.6. The molecule has 1 aliphatic rings. The smallest absolute Gasteiger partial charge is 0.276 e. The molecule has 1 fully saturated rings. The van der Waals surface area contributed by atoms with Gasteiger partial charge in [-0.25, -0.2) is 0 Å². The highest BCUT2D eigenvalue weighted by Gasteiger charge is 2.35. The molecular weight excluding hydrogens is 280 g/mol. The summed E-state index contributed by atoms with van der Waals surface area (Å²) in [6.45, 7) is 2.54. The van der Waals surface area contributed by atoms with Gasteiger partial charge in [0.05, 0.1) is 16.8 Å². The van der Waals surface area contributed by atoms with E-state index in [2.05, 4.69) is 10.3 Å². The Balaban J connectivity index is 1.89. The van der Waals surface area contributed by atoms with Crippen LogP contribution < -0.4 is 0 Å². The number of halogens is 1. The van der Waals surface area contributed by atoms with Crippen LogP contribution in [0.4, 0.5) is 0 Å². The van der Waals surface area contributed by atoms with Crippen LogP contribution in [0.25, 0.3) is 0 Å². The molecule has 0 aromatic carbocycles. The molecule has 3 heterocycles. The molecule has 1 atom stereocenters. The van der Waals surface area contributed by atoms with Crippen LogP contribution in [0.3, 0.4) is 0 Å². The number of amides is 1. The number of aryl methyl sites for hydroxylation is 2. The summed E-state index contributed by atoms with van der Waals surface area (Å²) in [4.78, 5) is 14.3. The minimum Gasteiger partial charge on any atom is -0.359 e. The minimum absolute atomic E-state index is 0.0817. The lowest BCUT2D eigenvalue weighted by Gasteiger charge is -2.21. The van der Waals surface area contributed by atoms with Gasteiger partial charge in [-0.15, -0.1) is 0 Å². The second-order valence-corrected chi connectivity index (χ2v) is 5.43. The van der Waals surface area contributed by atoms with Crippen LogP contribution in [0.15, 0.2) is 16.8 Å². The van der Waals surface area contributed by atoms with E-state index in [0.29, 0.717) is 11.6 Å². The van der Waals surface area contributed by atoms with Gasteiger partial charge in [0.1, 0.15) is 0 Å². The maximum Gasteiger partial charge on any atom is 0.276 e. The lowest BCUT2D eigenvalue weighted by Crippen LogP contribution is -2.31. The third kappa shape index (κ3) is 2.20. The number of carbonyl (C=O) groups is 1. The molecule has 1 aliphatic heterocycles. The molecule has 0 N–H and O–H groups in total. The molecule has 0 spiro atoms. The number of rotatable bonds is 2. The van der Waals surface area contributed by atoms with E-state index in [1.165, 1.54) is 0 Å². The molecular formula is C13H15ClN4O2. The summed E-state index contributed by atoms with van der Waals surface area (Å²) in [5, 5.41) is 8.40. The molecule has 0 unspecified atom stereocenters. The van der Waals surface area contributed by atoms with E-state index in [1.54, 1.807) is 22.8 Å². The molecule has 1 amide bonds. The van der Waals surface area contributed by atoms with Gasteiger partial charge in [-0.2, -0.15) is 5.10 Å². The highest BCUT2D eigenvalue weighted by Crippen LogP contribution is 2.34. The SMILES string of the molecule is Cc1cc([C@H]2CCCN2C(=O)c2nn(C)cc2Cl)on1. The summed E-state index contributed by atoms with van der Waals surface area (Å²) >= 11 is 6.05. The zero-order chi connectivity index (χ0) is 14.3. The van der Waals surface area contributed by atoms with Crippen molar-refractivity contribution >= 4 is 17.5 Å². The van der Waals surface area contributed by atoms with Gasteiger partial charge in [-0.1, -0.05) is 16.8 Å². The van der Waals surface area contributed by atoms with Gasteiger partial charge in [-0.3, -0.25) is 9.48 Å².